The average molecular weight is 238 g/mol. The molecule has 0 bridgehead atoms. The van der Waals surface area contributed by atoms with Crippen LogP contribution in [-0.4, -0.2) is 34.4 Å². The van der Waals surface area contributed by atoms with Crippen molar-refractivity contribution in [3.05, 3.63) is 0 Å². The van der Waals surface area contributed by atoms with E-state index in [9.17, 15) is 14.4 Å². The molecule has 0 aromatic rings. The zero-order valence-electron chi connectivity index (χ0n) is 9.18. The van der Waals surface area contributed by atoms with Gasteiger partial charge in [-0.2, -0.15) is 0 Å². The van der Waals surface area contributed by atoms with E-state index in [2.05, 4.69) is 0 Å². The summed E-state index contributed by atoms with van der Waals surface area (Å²) in [4.78, 5) is 18.9. The molecule has 0 aliphatic carbocycles. The number of rotatable bonds is 4. The van der Waals surface area contributed by atoms with Crippen LogP contribution in [0.5, 0.6) is 0 Å². The van der Waals surface area contributed by atoms with E-state index in [1.54, 1.807) is 13.8 Å². The Bertz CT molecular complexity index is 239. The molecule has 0 aromatic carbocycles. The van der Waals surface area contributed by atoms with Gasteiger partial charge in [0.2, 0.25) is 0 Å². The molecule has 0 spiro atoms. The molecule has 1 rings (SSSR count). The van der Waals surface area contributed by atoms with Crippen molar-refractivity contribution in [1.82, 2.24) is 0 Å². The summed E-state index contributed by atoms with van der Waals surface area (Å²) < 4.78 is 22.2. The molecule has 0 aromatic heterocycles. The lowest BCUT2D eigenvalue weighted by Crippen LogP contribution is -2.46. The molecule has 1 aliphatic heterocycles. The van der Waals surface area contributed by atoms with Gasteiger partial charge in [-0.05, 0) is 19.3 Å². The van der Waals surface area contributed by atoms with Crippen LogP contribution in [0.25, 0.3) is 0 Å². The Kier molecular flexibility index (Phi) is 4.32. The third-order valence-corrected chi connectivity index (χ3v) is 5.07. The third kappa shape index (κ3) is 2.43. The molecule has 15 heavy (non-hydrogen) atoms. The molecule has 1 heterocycles. The fourth-order valence-electron chi connectivity index (χ4n) is 1.93. The van der Waals surface area contributed by atoms with Crippen LogP contribution in [-0.2, 0) is 14.0 Å². The number of ether oxygens (including phenoxy) is 2. The second-order valence-electron chi connectivity index (χ2n) is 3.78. The molecule has 6 heteroatoms. The maximum atomic E-state index is 11.5. The van der Waals surface area contributed by atoms with Gasteiger partial charge in [-0.3, -0.25) is 4.57 Å². The maximum absolute atomic E-state index is 11.5. The van der Waals surface area contributed by atoms with Crippen molar-refractivity contribution in [2.45, 2.75) is 44.6 Å². The van der Waals surface area contributed by atoms with Crippen molar-refractivity contribution in [1.29, 1.82) is 0 Å². The molecule has 90 valence electrons. The van der Waals surface area contributed by atoms with E-state index in [-0.39, 0.29) is 0 Å². The van der Waals surface area contributed by atoms with Crippen LogP contribution >= 0.6 is 7.60 Å². The molecule has 2 N–H and O–H groups in total. The van der Waals surface area contributed by atoms with Gasteiger partial charge in [0.05, 0.1) is 13.2 Å². The van der Waals surface area contributed by atoms with Gasteiger partial charge in [0.25, 0.3) is 0 Å². The monoisotopic (exact) mass is 238 g/mol. The van der Waals surface area contributed by atoms with Gasteiger partial charge in [-0.1, -0.05) is 13.8 Å². The predicted molar refractivity (Wildman–Crippen MR) is 55.7 cm³/mol. The first-order valence-corrected chi connectivity index (χ1v) is 6.88. The minimum Gasteiger partial charge on any atom is -0.351 e. The molecule has 5 nitrogen and oxygen atoms in total. The Balaban J connectivity index is 2.93. The van der Waals surface area contributed by atoms with Crippen LogP contribution < -0.4 is 0 Å². The van der Waals surface area contributed by atoms with Gasteiger partial charge in [-0.25, -0.2) is 0 Å². The van der Waals surface area contributed by atoms with E-state index in [0.29, 0.717) is 26.1 Å². The SMILES string of the molecule is CCC(CC)(C1OCCCO1)P(=O)(O)O. The summed E-state index contributed by atoms with van der Waals surface area (Å²) >= 11 is 0. The van der Waals surface area contributed by atoms with Gasteiger partial charge in [0.1, 0.15) is 5.16 Å². The lowest BCUT2D eigenvalue weighted by atomic mass is 10.0. The average Bonchev–Trinajstić information content (AvgIpc) is 2.20. The highest BCUT2D eigenvalue weighted by molar-refractivity contribution is 7.53. The fraction of sp³-hybridized carbons (Fsp3) is 1.00. The van der Waals surface area contributed by atoms with Crippen molar-refractivity contribution in [2.24, 2.45) is 0 Å². The smallest absolute Gasteiger partial charge is 0.336 e. The molecule has 0 saturated carbocycles. The van der Waals surface area contributed by atoms with Crippen LogP contribution in [0.4, 0.5) is 0 Å². The fourth-order valence-corrected chi connectivity index (χ4v) is 3.18. The van der Waals surface area contributed by atoms with E-state index in [4.69, 9.17) is 9.47 Å². The second-order valence-corrected chi connectivity index (χ2v) is 5.76. The standard InChI is InChI=1S/C9H19O5P/c1-3-9(4-2,15(10,11)12)8-13-6-5-7-14-8/h8H,3-7H2,1-2H3,(H2,10,11,12). The first-order chi connectivity index (χ1) is 6.98. The highest BCUT2D eigenvalue weighted by atomic mass is 31.2. The molecule has 1 saturated heterocycles. The normalized spacial score (nSPS) is 20.5. The molecular formula is C9H19O5P. The Morgan fingerprint density at radius 2 is 1.73 bits per heavy atom. The summed E-state index contributed by atoms with van der Waals surface area (Å²) in [5.41, 5.74) is 0. The van der Waals surface area contributed by atoms with Crippen molar-refractivity contribution < 1.29 is 23.8 Å². The van der Waals surface area contributed by atoms with Crippen molar-refractivity contribution in [3.63, 3.8) is 0 Å². The number of hydrogen-bond acceptors (Lipinski definition) is 3. The van der Waals surface area contributed by atoms with Crippen LogP contribution in [0.1, 0.15) is 33.1 Å². The molecule has 1 aliphatic rings. The second kappa shape index (κ2) is 4.93. The minimum absolute atomic E-state index is 0.346. The van der Waals surface area contributed by atoms with Gasteiger partial charge in [0, 0.05) is 0 Å². The summed E-state index contributed by atoms with van der Waals surface area (Å²) in [7, 11) is -4.23. The number of hydrogen-bond donors (Lipinski definition) is 2. The van der Waals surface area contributed by atoms with E-state index >= 15 is 0 Å². The van der Waals surface area contributed by atoms with Gasteiger partial charge >= 0.3 is 7.60 Å². The van der Waals surface area contributed by atoms with Crippen molar-refractivity contribution >= 4 is 7.60 Å². The van der Waals surface area contributed by atoms with Crippen molar-refractivity contribution in [2.75, 3.05) is 13.2 Å². The van der Waals surface area contributed by atoms with E-state index < -0.39 is 19.0 Å². The molecular weight excluding hydrogens is 219 g/mol. The molecule has 0 atom stereocenters. The van der Waals surface area contributed by atoms with Crippen molar-refractivity contribution in [3.8, 4) is 0 Å². The predicted octanol–water partition coefficient (Wildman–Crippen LogP) is 1.49. The highest BCUT2D eigenvalue weighted by Crippen LogP contribution is 2.57. The lowest BCUT2D eigenvalue weighted by Gasteiger charge is -2.40. The summed E-state index contributed by atoms with van der Waals surface area (Å²) in [5, 5.41) is -1.19. The Hall–Kier alpha value is 0.0700. The minimum atomic E-state index is -4.23. The first-order valence-electron chi connectivity index (χ1n) is 5.26. The topological polar surface area (TPSA) is 76.0 Å². The lowest BCUT2D eigenvalue weighted by molar-refractivity contribution is -0.200. The van der Waals surface area contributed by atoms with Crippen LogP contribution in [0.3, 0.4) is 0 Å². The molecule has 0 radical (unpaired) electrons. The quantitative estimate of drug-likeness (QED) is 0.725. The summed E-state index contributed by atoms with van der Waals surface area (Å²) in [6, 6.07) is 0. The van der Waals surface area contributed by atoms with E-state index in [1.165, 1.54) is 0 Å². The zero-order valence-corrected chi connectivity index (χ0v) is 10.1. The summed E-state index contributed by atoms with van der Waals surface area (Å²) in [6.07, 6.45) is 0.694. The maximum Gasteiger partial charge on any atom is 0.336 e. The molecule has 0 amide bonds. The highest BCUT2D eigenvalue weighted by Gasteiger charge is 2.52. The van der Waals surface area contributed by atoms with E-state index in [1.807, 2.05) is 0 Å². The van der Waals surface area contributed by atoms with Gasteiger partial charge in [0.15, 0.2) is 6.29 Å². The van der Waals surface area contributed by atoms with Crippen LogP contribution in [0.15, 0.2) is 0 Å². The Morgan fingerprint density at radius 1 is 1.27 bits per heavy atom. The Morgan fingerprint density at radius 3 is 2.07 bits per heavy atom. The largest absolute Gasteiger partial charge is 0.351 e. The van der Waals surface area contributed by atoms with E-state index in [0.717, 1.165) is 6.42 Å². The molecule has 1 fully saturated rings. The van der Waals surface area contributed by atoms with Gasteiger partial charge < -0.3 is 19.3 Å². The summed E-state index contributed by atoms with van der Waals surface area (Å²) in [5.74, 6) is 0. The molecule has 0 unspecified atom stereocenters. The van der Waals surface area contributed by atoms with Crippen LogP contribution in [0.2, 0.25) is 0 Å². The first kappa shape index (κ1) is 13.1. The third-order valence-electron chi connectivity index (χ3n) is 3.07. The van der Waals surface area contributed by atoms with Crippen LogP contribution in [0, 0.1) is 0 Å². The Labute approximate surface area is 89.9 Å². The zero-order chi connectivity index (χ0) is 11.5. The summed E-state index contributed by atoms with van der Waals surface area (Å²) in [6.45, 7) is 4.52. The van der Waals surface area contributed by atoms with Gasteiger partial charge in [-0.15, -0.1) is 0 Å².